The molecule has 0 unspecified atom stereocenters. The van der Waals surface area contributed by atoms with Crippen LogP contribution in [0.25, 0.3) is 0 Å². The van der Waals surface area contributed by atoms with Crippen molar-refractivity contribution in [1.82, 2.24) is 4.98 Å². The third-order valence-corrected chi connectivity index (χ3v) is 3.82. The zero-order valence-electron chi connectivity index (χ0n) is 11.2. The van der Waals surface area contributed by atoms with E-state index in [4.69, 9.17) is 10.5 Å². The van der Waals surface area contributed by atoms with E-state index in [1.54, 1.807) is 12.3 Å². The van der Waals surface area contributed by atoms with Crippen molar-refractivity contribution in [3.05, 3.63) is 40.4 Å². The van der Waals surface area contributed by atoms with Crippen molar-refractivity contribution in [2.24, 2.45) is 5.73 Å². The number of nitrogens with one attached hydrogen (secondary N) is 1. The van der Waals surface area contributed by atoms with E-state index in [9.17, 15) is 4.79 Å². The number of nitrogens with two attached hydrogens (primary N) is 1. The van der Waals surface area contributed by atoms with Gasteiger partial charge in [-0.25, -0.2) is 4.98 Å². The molecule has 3 rings (SSSR count). The number of carbonyl (C=O) groups excluding carboxylic acids is 1. The smallest absolute Gasteiger partial charge is 0.257 e. The topological polar surface area (TPSA) is 77.2 Å². The van der Waals surface area contributed by atoms with Crippen LogP contribution in [0, 0.1) is 11.8 Å². The first-order chi connectivity index (χ1) is 10.3. The summed E-state index contributed by atoms with van der Waals surface area (Å²) < 4.78 is 5.42. The molecule has 0 saturated heterocycles. The fourth-order valence-electron chi connectivity index (χ4n) is 2.02. The van der Waals surface area contributed by atoms with E-state index >= 15 is 0 Å². The largest absolute Gasteiger partial charge is 0.493 e. The Hall–Kier alpha value is -2.36. The molecule has 0 saturated carbocycles. The lowest BCUT2D eigenvalue weighted by atomic mass is 10.1. The Morgan fingerprint density at radius 2 is 2.43 bits per heavy atom. The van der Waals surface area contributed by atoms with Crippen LogP contribution in [0.4, 0.5) is 5.13 Å². The van der Waals surface area contributed by atoms with Crippen molar-refractivity contribution in [2.45, 2.75) is 6.42 Å². The van der Waals surface area contributed by atoms with Crippen molar-refractivity contribution in [2.75, 3.05) is 18.5 Å². The summed E-state index contributed by atoms with van der Waals surface area (Å²) in [6.45, 7) is 0.979. The summed E-state index contributed by atoms with van der Waals surface area (Å²) >= 11 is 1.32. The predicted octanol–water partition coefficient (Wildman–Crippen LogP) is 1.64. The number of nitrogens with zero attached hydrogens (tertiary/aromatic N) is 1. The average molecular weight is 299 g/mol. The second-order valence-electron chi connectivity index (χ2n) is 4.41. The third kappa shape index (κ3) is 3.05. The van der Waals surface area contributed by atoms with Crippen LogP contribution in [0.5, 0.6) is 5.75 Å². The molecule has 0 fully saturated rings. The summed E-state index contributed by atoms with van der Waals surface area (Å²) in [5.74, 6) is 6.32. The molecule has 2 aromatic rings. The van der Waals surface area contributed by atoms with E-state index in [0.717, 1.165) is 22.6 Å². The molecule has 1 amide bonds. The van der Waals surface area contributed by atoms with Crippen molar-refractivity contribution in [1.29, 1.82) is 0 Å². The van der Waals surface area contributed by atoms with E-state index in [2.05, 4.69) is 22.1 Å². The SMILES string of the molecule is NCC#Cc1cnc(NC(=O)c2ccc3c(c2)CCO3)s1. The highest BCUT2D eigenvalue weighted by molar-refractivity contribution is 7.16. The Morgan fingerprint density at radius 3 is 3.29 bits per heavy atom. The van der Waals surface area contributed by atoms with Crippen molar-refractivity contribution < 1.29 is 9.53 Å². The number of aromatic nitrogens is 1. The molecular formula is C15H13N3O2S. The molecule has 1 aromatic heterocycles. The first-order valence-electron chi connectivity index (χ1n) is 6.48. The van der Waals surface area contributed by atoms with Crippen molar-refractivity contribution in [3.8, 4) is 17.6 Å². The minimum Gasteiger partial charge on any atom is -0.493 e. The summed E-state index contributed by atoms with van der Waals surface area (Å²) in [5, 5.41) is 3.30. The highest BCUT2D eigenvalue weighted by Crippen LogP contribution is 2.26. The second kappa shape index (κ2) is 5.95. The Bertz CT molecular complexity index is 743. The number of fused-ring (bicyclic) bond motifs is 1. The molecule has 5 nitrogen and oxygen atoms in total. The standard InChI is InChI=1S/C15H13N3O2S/c16-6-1-2-12-9-17-15(21-12)18-14(19)11-3-4-13-10(8-11)5-7-20-13/h3-4,8-9H,5-7,16H2,(H,17,18,19). The number of anilines is 1. The molecule has 21 heavy (non-hydrogen) atoms. The quantitative estimate of drug-likeness (QED) is 0.827. The number of hydrogen-bond acceptors (Lipinski definition) is 5. The summed E-state index contributed by atoms with van der Waals surface area (Å²) in [5.41, 5.74) is 6.98. The van der Waals surface area contributed by atoms with Crippen LogP contribution in [0.3, 0.4) is 0 Å². The number of benzene rings is 1. The van der Waals surface area contributed by atoms with Crippen LogP contribution in [0.1, 0.15) is 20.8 Å². The highest BCUT2D eigenvalue weighted by atomic mass is 32.1. The molecule has 106 valence electrons. The van der Waals surface area contributed by atoms with Gasteiger partial charge in [0.1, 0.15) is 5.75 Å². The zero-order valence-corrected chi connectivity index (χ0v) is 12.0. The van der Waals surface area contributed by atoms with Gasteiger partial charge in [0, 0.05) is 12.0 Å². The van der Waals surface area contributed by atoms with Crippen LogP contribution >= 0.6 is 11.3 Å². The van der Waals surface area contributed by atoms with Crippen molar-refractivity contribution in [3.63, 3.8) is 0 Å². The highest BCUT2D eigenvalue weighted by Gasteiger charge is 2.15. The molecule has 0 bridgehead atoms. The molecule has 1 aromatic carbocycles. The van der Waals surface area contributed by atoms with Gasteiger partial charge in [0.2, 0.25) is 0 Å². The van der Waals surface area contributed by atoms with Gasteiger partial charge >= 0.3 is 0 Å². The third-order valence-electron chi connectivity index (χ3n) is 2.99. The first-order valence-corrected chi connectivity index (χ1v) is 7.30. The Balaban J connectivity index is 1.72. The number of amides is 1. The monoisotopic (exact) mass is 299 g/mol. The van der Waals surface area contributed by atoms with Gasteiger partial charge in [-0.2, -0.15) is 0 Å². The molecule has 0 aliphatic carbocycles. The number of hydrogen-bond donors (Lipinski definition) is 2. The first kappa shape index (κ1) is 13.6. The maximum Gasteiger partial charge on any atom is 0.257 e. The van der Waals surface area contributed by atoms with Gasteiger partial charge in [-0.05, 0) is 23.8 Å². The lowest BCUT2D eigenvalue weighted by Crippen LogP contribution is -2.11. The molecular weight excluding hydrogens is 286 g/mol. The number of ether oxygens (including phenoxy) is 1. The molecule has 0 radical (unpaired) electrons. The van der Waals surface area contributed by atoms with Gasteiger partial charge in [0.25, 0.3) is 5.91 Å². The van der Waals surface area contributed by atoms with E-state index in [1.165, 1.54) is 11.3 Å². The fourth-order valence-corrected chi connectivity index (χ4v) is 2.71. The second-order valence-corrected chi connectivity index (χ2v) is 5.44. The summed E-state index contributed by atoms with van der Waals surface area (Å²) in [6.07, 6.45) is 2.46. The summed E-state index contributed by atoms with van der Waals surface area (Å²) in [7, 11) is 0. The molecule has 0 spiro atoms. The molecule has 1 aliphatic heterocycles. The maximum absolute atomic E-state index is 12.2. The van der Waals surface area contributed by atoms with Crippen LogP contribution in [-0.4, -0.2) is 24.0 Å². The lowest BCUT2D eigenvalue weighted by Gasteiger charge is -2.03. The van der Waals surface area contributed by atoms with Gasteiger partial charge in [0.05, 0.1) is 24.2 Å². The van der Waals surface area contributed by atoms with Crippen LogP contribution in [0.2, 0.25) is 0 Å². The van der Waals surface area contributed by atoms with Gasteiger partial charge in [-0.1, -0.05) is 23.2 Å². The number of carbonyl (C=O) groups is 1. The van der Waals surface area contributed by atoms with Gasteiger partial charge in [0.15, 0.2) is 5.13 Å². The minimum absolute atomic E-state index is 0.183. The maximum atomic E-state index is 12.2. The summed E-state index contributed by atoms with van der Waals surface area (Å²) in [6, 6.07) is 5.44. The minimum atomic E-state index is -0.183. The molecule has 6 heteroatoms. The van der Waals surface area contributed by atoms with Gasteiger partial charge in [-0.15, -0.1) is 0 Å². The Morgan fingerprint density at radius 1 is 1.52 bits per heavy atom. The fraction of sp³-hybridized carbons (Fsp3) is 0.200. The van der Waals surface area contributed by atoms with Crippen LogP contribution < -0.4 is 15.8 Å². The Labute approximate surface area is 126 Å². The number of rotatable bonds is 2. The van der Waals surface area contributed by atoms with E-state index in [0.29, 0.717) is 23.8 Å². The predicted molar refractivity (Wildman–Crippen MR) is 81.6 cm³/mol. The van der Waals surface area contributed by atoms with Crippen LogP contribution in [0.15, 0.2) is 24.4 Å². The zero-order chi connectivity index (χ0) is 14.7. The normalized spacial score (nSPS) is 12.0. The lowest BCUT2D eigenvalue weighted by molar-refractivity contribution is 0.102. The molecule has 3 N–H and O–H groups in total. The van der Waals surface area contributed by atoms with Gasteiger partial charge in [-0.3, -0.25) is 10.1 Å². The van der Waals surface area contributed by atoms with E-state index in [1.807, 2.05) is 12.1 Å². The average Bonchev–Trinajstić information content (AvgIpc) is 3.12. The molecule has 0 atom stereocenters. The van der Waals surface area contributed by atoms with Crippen LogP contribution in [-0.2, 0) is 6.42 Å². The van der Waals surface area contributed by atoms with Gasteiger partial charge < -0.3 is 10.5 Å². The number of thiazole rings is 1. The Kier molecular flexibility index (Phi) is 3.86. The van der Waals surface area contributed by atoms with E-state index < -0.39 is 0 Å². The van der Waals surface area contributed by atoms with E-state index in [-0.39, 0.29) is 5.91 Å². The molecule has 2 heterocycles. The molecule has 1 aliphatic rings. The van der Waals surface area contributed by atoms with Crippen molar-refractivity contribution >= 4 is 22.4 Å². The summed E-state index contributed by atoms with van der Waals surface area (Å²) in [4.78, 5) is 17.1.